The predicted octanol–water partition coefficient (Wildman–Crippen LogP) is -0.0583. The molecule has 1 aliphatic carbocycles. The van der Waals surface area contributed by atoms with Crippen molar-refractivity contribution in [3.8, 4) is 0 Å². The molecule has 8 radical (unpaired) electrons. The SMILES string of the molecule is [B]c1c([B])c(S(=O)(=O)Nc2cccc(C)c2C(=N)N2CCN(c3ncccn3)CC23CC3)c([B])c([B])c1SC(C)C. The summed E-state index contributed by atoms with van der Waals surface area (Å²) in [5.41, 5.74) is 1.07. The Morgan fingerprint density at radius 2 is 1.66 bits per heavy atom. The molecule has 1 aromatic heterocycles. The average molecular weight is 576 g/mol. The summed E-state index contributed by atoms with van der Waals surface area (Å²) in [5.74, 6) is 0.913. The molecule has 1 aliphatic heterocycles. The Kier molecular flexibility index (Phi) is 8.02. The second kappa shape index (κ2) is 11.1. The van der Waals surface area contributed by atoms with Crippen LogP contribution in [-0.4, -0.2) is 90.9 Å². The lowest BCUT2D eigenvalue weighted by molar-refractivity contribution is 0.257. The van der Waals surface area contributed by atoms with Gasteiger partial charge >= 0.3 is 0 Å². The Balaban J connectivity index is 1.47. The molecular formula is C27H28B4N6O2S2. The zero-order valence-electron chi connectivity index (χ0n) is 23.3. The van der Waals surface area contributed by atoms with Gasteiger partial charge in [-0.1, -0.05) is 47.8 Å². The number of benzene rings is 2. The van der Waals surface area contributed by atoms with Crippen LogP contribution in [-0.2, 0) is 10.0 Å². The zero-order chi connectivity index (χ0) is 29.7. The number of nitrogens with one attached hydrogen (secondary N) is 2. The van der Waals surface area contributed by atoms with Crippen molar-refractivity contribution in [2.75, 3.05) is 29.3 Å². The third-order valence-corrected chi connectivity index (χ3v) is 10.1. The molecule has 0 amide bonds. The highest BCUT2D eigenvalue weighted by molar-refractivity contribution is 8.00. The van der Waals surface area contributed by atoms with Crippen LogP contribution in [0.15, 0.2) is 46.5 Å². The second-order valence-corrected chi connectivity index (χ2v) is 14.0. The number of aromatic nitrogens is 2. The summed E-state index contributed by atoms with van der Waals surface area (Å²) in [7, 11) is 20.7. The van der Waals surface area contributed by atoms with E-state index in [0.717, 1.165) is 18.4 Å². The lowest BCUT2D eigenvalue weighted by Crippen LogP contribution is -2.57. The van der Waals surface area contributed by atoms with E-state index in [2.05, 4.69) is 24.5 Å². The molecule has 2 N–H and O–H groups in total. The topological polar surface area (TPSA) is 102 Å². The molecule has 1 spiro atoms. The molecule has 2 aromatic carbocycles. The van der Waals surface area contributed by atoms with Crippen molar-refractivity contribution >= 4 is 92.5 Å². The van der Waals surface area contributed by atoms with Crippen molar-refractivity contribution in [1.82, 2.24) is 14.9 Å². The number of piperazine rings is 1. The molecule has 1 saturated carbocycles. The van der Waals surface area contributed by atoms with E-state index in [-0.39, 0.29) is 49.1 Å². The molecule has 0 unspecified atom stereocenters. The van der Waals surface area contributed by atoms with Gasteiger partial charge in [0.05, 0.1) is 16.1 Å². The van der Waals surface area contributed by atoms with Gasteiger partial charge < -0.3 is 9.80 Å². The van der Waals surface area contributed by atoms with Gasteiger partial charge in [0, 0.05) is 42.8 Å². The van der Waals surface area contributed by atoms with E-state index in [1.807, 2.05) is 26.8 Å². The van der Waals surface area contributed by atoms with Crippen LogP contribution < -0.4 is 31.5 Å². The van der Waals surface area contributed by atoms with E-state index >= 15 is 0 Å². The Morgan fingerprint density at radius 1 is 1.02 bits per heavy atom. The summed E-state index contributed by atoms with van der Waals surface area (Å²) in [5, 5.41) is 9.40. The van der Waals surface area contributed by atoms with Crippen molar-refractivity contribution in [3.63, 3.8) is 0 Å². The first kappa shape index (κ1) is 29.6. The quantitative estimate of drug-likeness (QED) is 0.176. The van der Waals surface area contributed by atoms with Crippen LogP contribution in [0, 0.1) is 12.3 Å². The average Bonchev–Trinajstić information content (AvgIpc) is 3.68. The first-order valence-corrected chi connectivity index (χ1v) is 15.7. The minimum absolute atomic E-state index is 0.0731. The molecule has 0 bridgehead atoms. The third kappa shape index (κ3) is 5.52. The second-order valence-electron chi connectivity index (χ2n) is 10.8. The van der Waals surface area contributed by atoms with Crippen LogP contribution in [0.3, 0.4) is 0 Å². The van der Waals surface area contributed by atoms with Crippen molar-refractivity contribution in [2.24, 2.45) is 0 Å². The first-order chi connectivity index (χ1) is 19.4. The fourth-order valence-corrected chi connectivity index (χ4v) is 7.66. The number of aryl methyl sites for hydroxylation is 1. The van der Waals surface area contributed by atoms with E-state index < -0.39 is 10.0 Å². The van der Waals surface area contributed by atoms with Crippen molar-refractivity contribution in [3.05, 3.63) is 47.8 Å². The van der Waals surface area contributed by atoms with Gasteiger partial charge in [0.1, 0.15) is 37.2 Å². The fourth-order valence-electron chi connectivity index (χ4n) is 5.35. The minimum atomic E-state index is -4.34. The van der Waals surface area contributed by atoms with Crippen LogP contribution in [0.5, 0.6) is 0 Å². The molecule has 2 fully saturated rings. The molecule has 14 heteroatoms. The molecular weight excluding hydrogens is 548 g/mol. The van der Waals surface area contributed by atoms with Gasteiger partial charge in [0.25, 0.3) is 10.0 Å². The Hall–Kier alpha value is -2.85. The normalized spacial score (nSPS) is 16.3. The van der Waals surface area contributed by atoms with Crippen molar-refractivity contribution in [2.45, 2.75) is 54.2 Å². The third-order valence-electron chi connectivity index (χ3n) is 7.52. The molecule has 1 saturated heterocycles. The highest BCUT2D eigenvalue weighted by Gasteiger charge is 2.53. The van der Waals surface area contributed by atoms with E-state index in [1.165, 1.54) is 11.8 Å². The Morgan fingerprint density at radius 3 is 2.24 bits per heavy atom. The molecule has 2 aliphatic rings. The fraction of sp³-hybridized carbons (Fsp3) is 0.370. The molecule has 0 atom stereocenters. The van der Waals surface area contributed by atoms with Gasteiger partial charge in [-0.3, -0.25) is 10.1 Å². The monoisotopic (exact) mass is 576 g/mol. The van der Waals surface area contributed by atoms with E-state index in [9.17, 15) is 13.8 Å². The van der Waals surface area contributed by atoms with Crippen LogP contribution in [0.2, 0.25) is 0 Å². The minimum Gasteiger partial charge on any atom is -0.347 e. The molecule has 3 aromatic rings. The molecule has 202 valence electrons. The summed E-state index contributed by atoms with van der Waals surface area (Å²) in [6.07, 6.45) is 5.27. The maximum Gasteiger partial charge on any atom is 0.260 e. The van der Waals surface area contributed by atoms with Gasteiger partial charge in [-0.25, -0.2) is 18.4 Å². The van der Waals surface area contributed by atoms with Crippen molar-refractivity contribution < 1.29 is 8.42 Å². The van der Waals surface area contributed by atoms with E-state index in [1.54, 1.807) is 30.6 Å². The highest BCUT2D eigenvalue weighted by Crippen LogP contribution is 2.46. The number of rotatable bonds is 7. The molecule has 41 heavy (non-hydrogen) atoms. The molecule has 5 rings (SSSR count). The van der Waals surface area contributed by atoms with Gasteiger partial charge in [0.15, 0.2) is 0 Å². The summed E-state index contributed by atoms with van der Waals surface area (Å²) in [4.78, 5) is 13.1. The van der Waals surface area contributed by atoms with Crippen LogP contribution >= 0.6 is 11.8 Å². The zero-order valence-corrected chi connectivity index (χ0v) is 24.9. The summed E-state index contributed by atoms with van der Waals surface area (Å²) >= 11 is 1.36. The van der Waals surface area contributed by atoms with Gasteiger partial charge in [-0.15, -0.1) is 11.8 Å². The van der Waals surface area contributed by atoms with Gasteiger partial charge in [-0.05, 0) is 42.4 Å². The summed E-state index contributed by atoms with van der Waals surface area (Å²) in [6.45, 7) is 7.65. The van der Waals surface area contributed by atoms with Crippen LogP contribution in [0.1, 0.15) is 37.8 Å². The number of nitrogens with zero attached hydrogens (tertiary/aromatic N) is 4. The maximum atomic E-state index is 13.8. The lowest BCUT2D eigenvalue weighted by Gasteiger charge is -2.44. The predicted molar refractivity (Wildman–Crippen MR) is 171 cm³/mol. The highest BCUT2D eigenvalue weighted by atomic mass is 32.2. The van der Waals surface area contributed by atoms with Crippen LogP contribution in [0.4, 0.5) is 11.6 Å². The summed E-state index contributed by atoms with van der Waals surface area (Å²) < 4.78 is 30.2. The lowest BCUT2D eigenvalue weighted by atomic mass is 9.70. The maximum absolute atomic E-state index is 13.8. The number of amidine groups is 1. The first-order valence-electron chi connectivity index (χ1n) is 13.3. The number of hydrogen-bond acceptors (Lipinski definition) is 7. The number of hydrogen-bond donors (Lipinski definition) is 2. The smallest absolute Gasteiger partial charge is 0.260 e. The molecule has 8 nitrogen and oxygen atoms in total. The standard InChI is InChI=1S/C27H28B4N6O2S2/c1-15(2)40-23-19(28)21(30)24(22(31)20(23)29)41(38,39)35-17-7-4-6-16(3)18(17)25(32)37-13-12-36(14-27(37)8-9-27)26-33-10-5-11-34-26/h4-7,10-11,15,32,35H,8-9,12-14H2,1-3H3. The van der Waals surface area contributed by atoms with E-state index in [4.69, 9.17) is 31.4 Å². The number of anilines is 2. The molecule has 2 heterocycles. The Bertz CT molecular complexity index is 1590. The van der Waals surface area contributed by atoms with Gasteiger partial charge in [-0.2, -0.15) is 0 Å². The number of thioether (sulfide) groups is 1. The van der Waals surface area contributed by atoms with Gasteiger partial charge in [0.2, 0.25) is 5.95 Å². The Labute approximate surface area is 251 Å². The van der Waals surface area contributed by atoms with E-state index in [0.29, 0.717) is 36.0 Å². The number of sulfonamides is 1. The largest absolute Gasteiger partial charge is 0.347 e. The van der Waals surface area contributed by atoms with Crippen LogP contribution in [0.25, 0.3) is 0 Å². The summed E-state index contributed by atoms with van der Waals surface area (Å²) in [6, 6.07) is 7.00. The van der Waals surface area contributed by atoms with Crippen molar-refractivity contribution in [1.29, 1.82) is 5.41 Å².